The molecule has 3 aromatic rings. The van der Waals surface area contributed by atoms with Crippen LogP contribution in [-0.2, 0) is 14.2 Å². The van der Waals surface area contributed by atoms with Crippen molar-refractivity contribution in [2.75, 3.05) is 21.3 Å². The Morgan fingerprint density at radius 1 is 1.24 bits per heavy atom. The highest BCUT2D eigenvalue weighted by atomic mass is 32.1. The summed E-state index contributed by atoms with van der Waals surface area (Å²) in [6, 6.07) is 7.63. The maximum Gasteiger partial charge on any atom is 0.337 e. The minimum absolute atomic E-state index is 0.0193. The van der Waals surface area contributed by atoms with Crippen LogP contribution in [0.3, 0.4) is 0 Å². The number of ether oxygens (including phenoxy) is 4. The first-order valence-corrected chi connectivity index (χ1v) is 10.5. The van der Waals surface area contributed by atoms with Gasteiger partial charge < -0.3 is 28.5 Å². The van der Waals surface area contributed by atoms with E-state index in [2.05, 4.69) is 0 Å². The molecule has 1 aromatic heterocycles. The second-order valence-corrected chi connectivity index (χ2v) is 8.22. The number of aliphatic hydroxyl groups is 1. The Morgan fingerprint density at radius 3 is 2.56 bits per heavy atom. The molecule has 0 spiro atoms. The van der Waals surface area contributed by atoms with Gasteiger partial charge in [-0.1, -0.05) is 0 Å². The van der Waals surface area contributed by atoms with Crippen LogP contribution in [0.5, 0.6) is 5.75 Å². The third-order valence-corrected chi connectivity index (χ3v) is 6.23. The Hall–Kier alpha value is -3.32. The van der Waals surface area contributed by atoms with Crippen LogP contribution in [0.25, 0.3) is 11.1 Å². The second-order valence-electron chi connectivity index (χ2n) is 7.87. The first kappa shape index (κ1) is 23.8. The lowest BCUT2D eigenvalue weighted by atomic mass is 9.84. The molecule has 2 aromatic carbocycles. The third kappa shape index (κ3) is 3.64. The van der Waals surface area contributed by atoms with Crippen LogP contribution in [0.4, 0.5) is 5.69 Å². The zero-order valence-corrected chi connectivity index (χ0v) is 19.5. The molecule has 0 fully saturated rings. The van der Waals surface area contributed by atoms with Crippen molar-refractivity contribution in [3.8, 4) is 5.75 Å². The number of esters is 1. The largest absolute Gasteiger partial charge is 0.479 e. The summed E-state index contributed by atoms with van der Waals surface area (Å²) in [5.74, 6) is -0.310. The van der Waals surface area contributed by atoms with Crippen molar-refractivity contribution < 1.29 is 38.2 Å². The molecule has 12 heteroatoms. The fraction of sp³-hybridized carbons (Fsp3) is 0.364. The summed E-state index contributed by atoms with van der Waals surface area (Å²) >= 11 is 5.47. The maximum absolute atomic E-state index is 12.1. The minimum atomic E-state index is -1.45. The first-order valence-electron chi connectivity index (χ1n) is 10.1. The van der Waals surface area contributed by atoms with E-state index in [0.29, 0.717) is 16.7 Å². The number of nitro benzene ring substituents is 1. The van der Waals surface area contributed by atoms with Crippen LogP contribution < -0.4 is 4.74 Å². The quantitative estimate of drug-likeness (QED) is 0.180. The molecule has 0 saturated heterocycles. The van der Waals surface area contributed by atoms with Crippen molar-refractivity contribution in [1.82, 2.24) is 4.57 Å². The van der Waals surface area contributed by atoms with E-state index in [0.717, 1.165) is 0 Å². The summed E-state index contributed by atoms with van der Waals surface area (Å²) in [6.45, 7) is 1.60. The van der Waals surface area contributed by atoms with Crippen molar-refractivity contribution in [2.45, 2.75) is 31.0 Å². The smallest absolute Gasteiger partial charge is 0.337 e. The average Bonchev–Trinajstić information content (AvgIpc) is 3.14. The van der Waals surface area contributed by atoms with Crippen molar-refractivity contribution in [2.24, 2.45) is 0 Å². The number of benzene rings is 2. The molecule has 3 atom stereocenters. The highest BCUT2D eigenvalue weighted by Gasteiger charge is 2.53. The summed E-state index contributed by atoms with van der Waals surface area (Å²) in [5, 5.41) is 23.1. The van der Waals surface area contributed by atoms with E-state index in [1.165, 1.54) is 56.2 Å². The van der Waals surface area contributed by atoms with E-state index in [9.17, 15) is 20.0 Å². The summed E-state index contributed by atoms with van der Waals surface area (Å²) < 4.78 is 28.9. The number of methoxy groups -OCH3 is 3. The van der Waals surface area contributed by atoms with Gasteiger partial charge in [-0.15, -0.1) is 0 Å². The molecular formula is C22H22N2O9S. The number of non-ortho nitro benzene ring substituents is 1. The van der Waals surface area contributed by atoms with Crippen LogP contribution >= 0.6 is 12.2 Å². The number of hydrogen-bond acceptors (Lipinski definition) is 10. The van der Waals surface area contributed by atoms with Crippen molar-refractivity contribution in [3.63, 3.8) is 0 Å². The van der Waals surface area contributed by atoms with E-state index in [4.69, 9.17) is 35.6 Å². The topological polar surface area (TPSA) is 135 Å². The number of aromatic nitrogens is 1. The fourth-order valence-corrected chi connectivity index (χ4v) is 4.63. The highest BCUT2D eigenvalue weighted by molar-refractivity contribution is 7.71. The van der Waals surface area contributed by atoms with E-state index in [-0.39, 0.29) is 21.8 Å². The average molecular weight is 490 g/mol. The number of carbonyl (C=O) groups is 1. The molecule has 4 rings (SSSR count). The first-order chi connectivity index (χ1) is 16.2. The zero-order valence-electron chi connectivity index (χ0n) is 18.7. The lowest BCUT2D eigenvalue weighted by Gasteiger charge is -2.46. The molecule has 0 amide bonds. The number of oxazole rings is 1. The van der Waals surface area contributed by atoms with E-state index >= 15 is 0 Å². The van der Waals surface area contributed by atoms with Gasteiger partial charge in [0.2, 0.25) is 0 Å². The Labute approximate surface area is 198 Å². The summed E-state index contributed by atoms with van der Waals surface area (Å²) in [7, 11) is 4.06. The molecule has 0 radical (unpaired) electrons. The number of nitro groups is 1. The molecule has 11 nitrogen and oxygen atoms in total. The van der Waals surface area contributed by atoms with Crippen LogP contribution in [0.1, 0.15) is 28.9 Å². The molecule has 180 valence electrons. The molecule has 0 aliphatic carbocycles. The maximum atomic E-state index is 12.1. The van der Waals surface area contributed by atoms with Crippen LogP contribution in [0.2, 0.25) is 0 Å². The van der Waals surface area contributed by atoms with Crippen LogP contribution in [0, 0.1) is 15.0 Å². The molecule has 1 aliphatic heterocycles. The van der Waals surface area contributed by atoms with Crippen LogP contribution in [-0.4, -0.2) is 59.9 Å². The van der Waals surface area contributed by atoms with Gasteiger partial charge in [0.1, 0.15) is 11.9 Å². The van der Waals surface area contributed by atoms with Gasteiger partial charge in [0, 0.05) is 31.9 Å². The predicted molar refractivity (Wildman–Crippen MR) is 120 cm³/mol. The van der Waals surface area contributed by atoms with Crippen LogP contribution in [0.15, 0.2) is 40.8 Å². The number of nitrogens with zero attached hydrogens (tertiary/aromatic N) is 2. The number of hydrogen-bond donors (Lipinski definition) is 1. The normalized spacial score (nSPS) is 21.8. The lowest BCUT2D eigenvalue weighted by Crippen LogP contribution is -2.60. The Balaban J connectivity index is 2.02. The van der Waals surface area contributed by atoms with Gasteiger partial charge in [-0.2, -0.15) is 0 Å². The molecular weight excluding hydrogens is 468 g/mol. The fourth-order valence-electron chi connectivity index (χ4n) is 4.33. The molecule has 34 heavy (non-hydrogen) atoms. The van der Waals surface area contributed by atoms with Crippen molar-refractivity contribution >= 4 is 35.0 Å². The predicted octanol–water partition coefficient (Wildman–Crippen LogP) is 3.38. The standard InChI is InChI=1S/C22H22N2O9S/c1-22(20(30-3)31-4)18(25)17(13-10-12(24(27)28)6-8-15(13)33-22)23-14-9-11(19(26)29-2)5-7-16(14)32-21(23)34/h5-10,17-18,20,25H,1-4H3/t17-,18-,22-/m1/s1. The lowest BCUT2D eigenvalue weighted by molar-refractivity contribution is -0.385. The van der Waals surface area contributed by atoms with E-state index < -0.39 is 34.9 Å². The molecule has 0 saturated carbocycles. The SMILES string of the molecule is COC(=O)c1ccc2oc(=S)n([C@@H]3c4cc([N+](=O)[O-])ccc4O[C@@](C)(C(OC)OC)[C@@H]3O)c2c1. The summed E-state index contributed by atoms with van der Waals surface area (Å²) in [5.41, 5.74) is -0.393. The Kier molecular flexibility index (Phi) is 6.16. The molecule has 1 N–H and O–H groups in total. The third-order valence-electron chi connectivity index (χ3n) is 5.95. The van der Waals surface area contributed by atoms with Gasteiger partial charge in [-0.05, 0) is 43.4 Å². The minimum Gasteiger partial charge on any atom is -0.479 e. The van der Waals surface area contributed by atoms with Gasteiger partial charge in [0.25, 0.3) is 10.5 Å². The number of aliphatic hydroxyl groups excluding tert-OH is 1. The Morgan fingerprint density at radius 2 is 1.94 bits per heavy atom. The van der Waals surface area contributed by atoms with Gasteiger partial charge >= 0.3 is 5.97 Å². The number of rotatable bonds is 6. The number of fused-ring (bicyclic) bond motifs is 2. The van der Waals surface area contributed by atoms with Crippen molar-refractivity contribution in [3.05, 3.63) is 62.5 Å². The second kappa shape index (κ2) is 8.80. The van der Waals surface area contributed by atoms with Crippen molar-refractivity contribution in [1.29, 1.82) is 0 Å². The zero-order chi connectivity index (χ0) is 24.8. The van der Waals surface area contributed by atoms with Gasteiger partial charge in [0.15, 0.2) is 17.5 Å². The molecule has 0 bridgehead atoms. The molecule has 1 aliphatic rings. The summed E-state index contributed by atoms with van der Waals surface area (Å²) in [6.07, 6.45) is -2.38. The monoisotopic (exact) mass is 490 g/mol. The van der Waals surface area contributed by atoms with Gasteiger partial charge in [0.05, 0.1) is 29.2 Å². The van der Waals surface area contributed by atoms with E-state index in [1.807, 2.05) is 0 Å². The Bertz CT molecular complexity index is 1330. The molecule has 0 unspecified atom stereocenters. The summed E-state index contributed by atoms with van der Waals surface area (Å²) in [4.78, 5) is 23.1. The molecule has 2 heterocycles. The van der Waals surface area contributed by atoms with Gasteiger partial charge in [-0.25, -0.2) is 4.79 Å². The highest BCUT2D eigenvalue weighted by Crippen LogP contribution is 2.46. The van der Waals surface area contributed by atoms with E-state index in [1.54, 1.807) is 13.0 Å². The number of carbonyl (C=O) groups excluding carboxylic acids is 1. The van der Waals surface area contributed by atoms with Gasteiger partial charge in [-0.3, -0.25) is 14.7 Å².